The number of hydrogen-bond donors (Lipinski definition) is 0. The Morgan fingerprint density at radius 2 is 2.29 bits per heavy atom. The van der Waals surface area contributed by atoms with Crippen molar-refractivity contribution >= 4 is 33.5 Å². The first kappa shape index (κ1) is 14.3. The molecule has 0 unspecified atom stereocenters. The van der Waals surface area contributed by atoms with E-state index >= 15 is 0 Å². The fraction of sp³-hybridized carbons (Fsp3) is 0.400. The molecule has 0 saturated carbocycles. The van der Waals surface area contributed by atoms with Gasteiger partial charge in [-0.05, 0) is 6.92 Å². The molecule has 0 atom stereocenters. The number of nitrogens with zero attached hydrogens (tertiary/aromatic N) is 1. The minimum absolute atomic E-state index is 0.0871. The molecule has 1 rings (SSSR count). The van der Waals surface area contributed by atoms with Crippen molar-refractivity contribution in [3.8, 4) is 0 Å². The van der Waals surface area contributed by atoms with Gasteiger partial charge in [0.2, 0.25) is 0 Å². The van der Waals surface area contributed by atoms with Gasteiger partial charge in [0.15, 0.2) is 0 Å². The van der Waals surface area contributed by atoms with Crippen LogP contribution in [0.25, 0.3) is 0 Å². The minimum Gasteiger partial charge on any atom is -0.462 e. The van der Waals surface area contributed by atoms with E-state index in [0.717, 1.165) is 6.20 Å². The van der Waals surface area contributed by atoms with Crippen molar-refractivity contribution < 1.29 is 18.3 Å². The summed E-state index contributed by atoms with van der Waals surface area (Å²) in [6.45, 7) is 1.67. The Labute approximate surface area is 110 Å². The summed E-state index contributed by atoms with van der Waals surface area (Å²) in [6, 6.07) is 0. The fourth-order valence-electron chi connectivity index (χ4n) is 1.21. The number of esters is 1. The van der Waals surface area contributed by atoms with Gasteiger partial charge in [0, 0.05) is 11.5 Å². The summed E-state index contributed by atoms with van der Waals surface area (Å²) in [5.41, 5.74) is -0.509. The summed E-state index contributed by atoms with van der Waals surface area (Å²) in [6.07, 6.45) is -1.89. The zero-order valence-electron chi connectivity index (χ0n) is 8.84. The van der Waals surface area contributed by atoms with Crippen molar-refractivity contribution in [1.82, 2.24) is 4.98 Å². The van der Waals surface area contributed by atoms with Gasteiger partial charge < -0.3 is 4.74 Å². The summed E-state index contributed by atoms with van der Waals surface area (Å²) in [5, 5.41) is 0.167. The zero-order valence-corrected chi connectivity index (χ0v) is 11.2. The molecule has 0 aliphatic heterocycles. The van der Waals surface area contributed by atoms with Crippen LogP contribution in [0.4, 0.5) is 8.78 Å². The van der Waals surface area contributed by atoms with Crippen molar-refractivity contribution in [2.24, 2.45) is 0 Å². The van der Waals surface area contributed by atoms with E-state index in [-0.39, 0.29) is 22.5 Å². The zero-order chi connectivity index (χ0) is 13.0. The van der Waals surface area contributed by atoms with Gasteiger partial charge in [-0.15, -0.1) is 0 Å². The van der Waals surface area contributed by atoms with Crippen LogP contribution in [-0.2, 0) is 10.1 Å². The average Bonchev–Trinajstić information content (AvgIpc) is 2.28. The molecule has 1 aromatic rings. The second kappa shape index (κ2) is 6.26. The van der Waals surface area contributed by atoms with Crippen LogP contribution in [-0.4, -0.2) is 17.6 Å². The number of ether oxygens (including phenoxy) is 1. The van der Waals surface area contributed by atoms with Crippen molar-refractivity contribution in [2.75, 3.05) is 6.61 Å². The van der Waals surface area contributed by atoms with E-state index in [0.29, 0.717) is 5.69 Å². The highest BCUT2D eigenvalue weighted by atomic mass is 79.9. The molecule has 0 fully saturated rings. The lowest BCUT2D eigenvalue weighted by molar-refractivity contribution is 0.0515. The molecule has 0 aliphatic rings. The second-order valence-corrected chi connectivity index (χ2v) is 3.94. The number of hydrogen-bond acceptors (Lipinski definition) is 3. The number of halogens is 4. The average molecular weight is 329 g/mol. The molecule has 1 aromatic heterocycles. The molecule has 0 aliphatic carbocycles. The third kappa shape index (κ3) is 3.13. The SMILES string of the molecule is CCOC(=O)c1c(C(F)F)cnc(CBr)c1Cl. The number of aromatic nitrogens is 1. The summed E-state index contributed by atoms with van der Waals surface area (Å²) >= 11 is 8.97. The molecule has 0 aromatic carbocycles. The van der Waals surface area contributed by atoms with Crippen molar-refractivity contribution in [1.29, 1.82) is 0 Å². The summed E-state index contributed by atoms with van der Waals surface area (Å²) in [4.78, 5) is 15.3. The number of rotatable bonds is 4. The van der Waals surface area contributed by atoms with E-state index in [4.69, 9.17) is 16.3 Å². The lowest BCUT2D eigenvalue weighted by Gasteiger charge is -2.11. The maximum absolute atomic E-state index is 12.7. The topological polar surface area (TPSA) is 39.2 Å². The van der Waals surface area contributed by atoms with E-state index in [9.17, 15) is 13.6 Å². The lowest BCUT2D eigenvalue weighted by atomic mass is 10.1. The first-order valence-corrected chi connectivity index (χ1v) is 6.21. The Kier molecular flexibility index (Phi) is 5.27. The molecule has 3 nitrogen and oxygen atoms in total. The molecule has 0 saturated heterocycles. The first-order valence-electron chi connectivity index (χ1n) is 4.71. The molecule has 0 spiro atoms. The first-order chi connectivity index (χ1) is 8.02. The normalized spacial score (nSPS) is 10.7. The lowest BCUT2D eigenvalue weighted by Crippen LogP contribution is -2.11. The van der Waals surface area contributed by atoms with E-state index < -0.39 is 18.0 Å². The smallest absolute Gasteiger partial charge is 0.340 e. The van der Waals surface area contributed by atoms with E-state index in [1.807, 2.05) is 0 Å². The molecule has 94 valence electrons. The van der Waals surface area contributed by atoms with E-state index in [1.54, 1.807) is 6.92 Å². The van der Waals surface area contributed by atoms with Crippen molar-refractivity contribution in [2.45, 2.75) is 18.7 Å². The summed E-state index contributed by atoms with van der Waals surface area (Å²) in [7, 11) is 0. The highest BCUT2D eigenvalue weighted by molar-refractivity contribution is 9.08. The van der Waals surface area contributed by atoms with Crippen LogP contribution < -0.4 is 0 Å². The molecule has 0 radical (unpaired) electrons. The molecule has 0 N–H and O–H groups in total. The van der Waals surface area contributed by atoms with Gasteiger partial charge in [-0.25, -0.2) is 13.6 Å². The van der Waals surface area contributed by atoms with Crippen LogP contribution in [0, 0.1) is 0 Å². The predicted molar refractivity (Wildman–Crippen MR) is 62.8 cm³/mol. The number of pyridine rings is 1. The molecule has 0 bridgehead atoms. The molecule has 7 heteroatoms. The fourth-order valence-corrected chi connectivity index (χ4v) is 2.10. The van der Waals surface area contributed by atoms with Crippen LogP contribution in [0.15, 0.2) is 6.20 Å². The van der Waals surface area contributed by atoms with Crippen LogP contribution in [0.3, 0.4) is 0 Å². The van der Waals surface area contributed by atoms with Gasteiger partial charge in [-0.2, -0.15) is 0 Å². The second-order valence-electron chi connectivity index (χ2n) is 3.00. The van der Waals surface area contributed by atoms with Gasteiger partial charge in [0.05, 0.1) is 28.5 Å². The molecule has 17 heavy (non-hydrogen) atoms. The van der Waals surface area contributed by atoms with Crippen LogP contribution in [0.1, 0.15) is 35.0 Å². The number of carbonyl (C=O) groups is 1. The Bertz CT molecular complexity index is 429. The van der Waals surface area contributed by atoms with Crippen LogP contribution in [0.2, 0.25) is 5.02 Å². The number of carbonyl (C=O) groups excluding carboxylic acids is 1. The van der Waals surface area contributed by atoms with Crippen LogP contribution >= 0.6 is 27.5 Å². The molecule has 0 amide bonds. The molecular formula is C10H9BrClF2NO2. The quantitative estimate of drug-likeness (QED) is 0.624. The Morgan fingerprint density at radius 1 is 1.65 bits per heavy atom. The Balaban J connectivity index is 3.34. The third-order valence-electron chi connectivity index (χ3n) is 1.96. The van der Waals surface area contributed by atoms with Gasteiger partial charge in [0.1, 0.15) is 0 Å². The highest BCUT2D eigenvalue weighted by Crippen LogP contribution is 2.31. The Morgan fingerprint density at radius 3 is 2.76 bits per heavy atom. The van der Waals surface area contributed by atoms with Crippen LogP contribution in [0.5, 0.6) is 0 Å². The van der Waals surface area contributed by atoms with Gasteiger partial charge >= 0.3 is 5.97 Å². The highest BCUT2D eigenvalue weighted by Gasteiger charge is 2.25. The third-order valence-corrected chi connectivity index (χ3v) is 2.90. The molecular weight excluding hydrogens is 319 g/mol. The maximum atomic E-state index is 12.7. The number of alkyl halides is 3. The van der Waals surface area contributed by atoms with Gasteiger partial charge in [-0.3, -0.25) is 4.98 Å². The predicted octanol–water partition coefficient (Wildman–Crippen LogP) is 3.74. The van der Waals surface area contributed by atoms with Gasteiger partial charge in [0.25, 0.3) is 6.43 Å². The summed E-state index contributed by atoms with van der Waals surface area (Å²) < 4.78 is 30.2. The Hall–Kier alpha value is -0.750. The largest absolute Gasteiger partial charge is 0.462 e. The van der Waals surface area contributed by atoms with Crippen molar-refractivity contribution in [3.63, 3.8) is 0 Å². The molecule has 1 heterocycles. The minimum atomic E-state index is -2.83. The van der Waals surface area contributed by atoms with E-state index in [1.165, 1.54) is 0 Å². The monoisotopic (exact) mass is 327 g/mol. The summed E-state index contributed by atoms with van der Waals surface area (Å²) in [5.74, 6) is -0.864. The van der Waals surface area contributed by atoms with Crippen molar-refractivity contribution in [3.05, 3.63) is 28.0 Å². The maximum Gasteiger partial charge on any atom is 0.340 e. The van der Waals surface area contributed by atoms with Gasteiger partial charge in [-0.1, -0.05) is 27.5 Å². The standard InChI is InChI=1S/C10H9BrClF2NO2/c1-2-17-10(16)7-5(9(13)14)4-15-6(3-11)8(7)12/h4,9H,2-3H2,1H3. The van der Waals surface area contributed by atoms with E-state index in [2.05, 4.69) is 20.9 Å².